The van der Waals surface area contributed by atoms with Crippen molar-refractivity contribution >= 4 is 11.6 Å². The maximum absolute atomic E-state index is 6.41. The first-order chi connectivity index (χ1) is 12.3. The van der Waals surface area contributed by atoms with Crippen molar-refractivity contribution in [2.24, 2.45) is 0 Å². The molecule has 0 saturated carbocycles. The molecular formula is C23H16ClN. The van der Waals surface area contributed by atoms with Crippen LogP contribution in [0.15, 0.2) is 97.2 Å². The summed E-state index contributed by atoms with van der Waals surface area (Å²) in [5, 5.41) is 0.659. The van der Waals surface area contributed by atoms with E-state index in [-0.39, 0.29) is 0 Å². The third-order valence-corrected chi connectivity index (χ3v) is 4.53. The summed E-state index contributed by atoms with van der Waals surface area (Å²) in [6.07, 6.45) is 1.73. The Morgan fingerprint density at radius 1 is 0.560 bits per heavy atom. The van der Waals surface area contributed by atoms with Crippen molar-refractivity contribution in [1.82, 2.24) is 4.98 Å². The van der Waals surface area contributed by atoms with Crippen LogP contribution in [0.25, 0.3) is 33.5 Å². The number of rotatable bonds is 3. The summed E-state index contributed by atoms with van der Waals surface area (Å²) in [7, 11) is 0. The van der Waals surface area contributed by atoms with Crippen molar-refractivity contribution in [2.45, 2.75) is 0 Å². The zero-order valence-corrected chi connectivity index (χ0v) is 14.3. The predicted octanol–water partition coefficient (Wildman–Crippen LogP) is 6.74. The summed E-state index contributed by atoms with van der Waals surface area (Å²) in [5.74, 6) is 0. The molecule has 1 nitrogen and oxygen atoms in total. The minimum absolute atomic E-state index is 0.659. The van der Waals surface area contributed by atoms with Crippen molar-refractivity contribution < 1.29 is 0 Å². The fourth-order valence-electron chi connectivity index (χ4n) is 2.90. The van der Waals surface area contributed by atoms with E-state index in [0.29, 0.717) is 5.02 Å². The molecule has 0 bridgehead atoms. The van der Waals surface area contributed by atoms with Gasteiger partial charge in [0.15, 0.2) is 0 Å². The van der Waals surface area contributed by atoms with Gasteiger partial charge in [0, 0.05) is 17.3 Å². The maximum atomic E-state index is 6.41. The first-order valence-corrected chi connectivity index (χ1v) is 8.56. The van der Waals surface area contributed by atoms with Crippen LogP contribution in [0.3, 0.4) is 0 Å². The Hall–Kier alpha value is -2.90. The van der Waals surface area contributed by atoms with Crippen molar-refractivity contribution in [2.75, 3.05) is 0 Å². The fourth-order valence-corrected chi connectivity index (χ4v) is 3.11. The number of hydrogen-bond donors (Lipinski definition) is 0. The molecule has 120 valence electrons. The lowest BCUT2D eigenvalue weighted by molar-refractivity contribution is 1.33. The Balaban J connectivity index is 1.72. The standard InChI is InChI=1S/C23H16ClN/c24-22-16-25-23(20-9-5-2-6-10-20)15-21(22)19-13-11-18(12-14-19)17-7-3-1-4-8-17/h1-16H. The van der Waals surface area contributed by atoms with Crippen LogP contribution in [0.4, 0.5) is 0 Å². The van der Waals surface area contributed by atoms with E-state index in [4.69, 9.17) is 11.6 Å². The van der Waals surface area contributed by atoms with Gasteiger partial charge in [0.2, 0.25) is 0 Å². The lowest BCUT2D eigenvalue weighted by Gasteiger charge is -2.09. The van der Waals surface area contributed by atoms with Crippen molar-refractivity contribution in [3.05, 3.63) is 102 Å². The van der Waals surface area contributed by atoms with Crippen LogP contribution in [-0.2, 0) is 0 Å². The van der Waals surface area contributed by atoms with Crippen molar-refractivity contribution in [1.29, 1.82) is 0 Å². The van der Waals surface area contributed by atoms with E-state index in [0.717, 1.165) is 22.4 Å². The molecule has 25 heavy (non-hydrogen) atoms. The van der Waals surface area contributed by atoms with Crippen LogP contribution in [0, 0.1) is 0 Å². The van der Waals surface area contributed by atoms with Gasteiger partial charge >= 0.3 is 0 Å². The van der Waals surface area contributed by atoms with E-state index in [2.05, 4.69) is 71.7 Å². The summed E-state index contributed by atoms with van der Waals surface area (Å²) in [6.45, 7) is 0. The molecule has 1 aromatic heterocycles. The van der Waals surface area contributed by atoms with E-state index in [9.17, 15) is 0 Å². The molecule has 0 aliphatic heterocycles. The van der Waals surface area contributed by atoms with E-state index in [1.807, 2.05) is 24.3 Å². The van der Waals surface area contributed by atoms with E-state index < -0.39 is 0 Å². The summed E-state index contributed by atoms with van der Waals surface area (Å²) >= 11 is 6.41. The lowest BCUT2D eigenvalue weighted by Crippen LogP contribution is -1.87. The highest BCUT2D eigenvalue weighted by molar-refractivity contribution is 6.33. The topological polar surface area (TPSA) is 12.9 Å². The molecule has 4 rings (SSSR count). The average molecular weight is 342 g/mol. The molecule has 0 atom stereocenters. The zero-order valence-electron chi connectivity index (χ0n) is 13.6. The number of hydrogen-bond acceptors (Lipinski definition) is 1. The van der Waals surface area contributed by atoms with Crippen LogP contribution in [0.5, 0.6) is 0 Å². The van der Waals surface area contributed by atoms with E-state index in [1.165, 1.54) is 11.1 Å². The van der Waals surface area contributed by atoms with Gasteiger partial charge in [0.05, 0.1) is 10.7 Å². The molecule has 0 amide bonds. The second-order valence-corrected chi connectivity index (χ2v) is 6.27. The average Bonchev–Trinajstić information content (AvgIpc) is 2.70. The van der Waals surface area contributed by atoms with Crippen LogP contribution in [0.1, 0.15) is 0 Å². The van der Waals surface area contributed by atoms with Crippen LogP contribution >= 0.6 is 11.6 Å². The largest absolute Gasteiger partial charge is 0.255 e. The number of nitrogens with zero attached hydrogens (tertiary/aromatic N) is 1. The van der Waals surface area contributed by atoms with Gasteiger partial charge in [-0.05, 0) is 22.8 Å². The molecule has 4 aromatic rings. The fraction of sp³-hybridized carbons (Fsp3) is 0. The third-order valence-electron chi connectivity index (χ3n) is 4.23. The Morgan fingerprint density at radius 2 is 1.08 bits per heavy atom. The van der Waals surface area contributed by atoms with Crippen LogP contribution < -0.4 is 0 Å². The summed E-state index contributed by atoms with van der Waals surface area (Å²) in [6, 6.07) is 31.0. The summed E-state index contributed by atoms with van der Waals surface area (Å²) < 4.78 is 0. The van der Waals surface area contributed by atoms with Gasteiger partial charge in [0.1, 0.15) is 0 Å². The van der Waals surface area contributed by atoms with Gasteiger partial charge in [-0.1, -0.05) is 96.5 Å². The Morgan fingerprint density at radius 3 is 1.72 bits per heavy atom. The molecule has 0 saturated heterocycles. The maximum Gasteiger partial charge on any atom is 0.0709 e. The Kier molecular flexibility index (Phi) is 4.32. The summed E-state index contributed by atoms with van der Waals surface area (Å²) in [4.78, 5) is 4.47. The van der Waals surface area contributed by atoms with Crippen molar-refractivity contribution in [3.63, 3.8) is 0 Å². The van der Waals surface area contributed by atoms with Gasteiger partial charge in [-0.2, -0.15) is 0 Å². The first-order valence-electron chi connectivity index (χ1n) is 8.18. The number of halogens is 1. The number of aromatic nitrogens is 1. The molecule has 0 aliphatic carbocycles. The molecule has 0 N–H and O–H groups in total. The van der Waals surface area contributed by atoms with Gasteiger partial charge in [-0.25, -0.2) is 0 Å². The highest BCUT2D eigenvalue weighted by Crippen LogP contribution is 2.32. The van der Waals surface area contributed by atoms with Crippen LogP contribution in [0.2, 0.25) is 5.02 Å². The molecule has 3 aromatic carbocycles. The Bertz CT molecular complexity index is 977. The molecule has 1 heterocycles. The minimum atomic E-state index is 0.659. The van der Waals surface area contributed by atoms with Gasteiger partial charge in [-0.3, -0.25) is 4.98 Å². The van der Waals surface area contributed by atoms with Crippen LogP contribution in [-0.4, -0.2) is 4.98 Å². The summed E-state index contributed by atoms with van der Waals surface area (Å²) in [5.41, 5.74) is 6.49. The lowest BCUT2D eigenvalue weighted by atomic mass is 9.99. The minimum Gasteiger partial charge on any atom is -0.255 e. The van der Waals surface area contributed by atoms with Gasteiger partial charge < -0.3 is 0 Å². The number of benzene rings is 3. The zero-order chi connectivity index (χ0) is 17.1. The molecule has 0 unspecified atom stereocenters. The third kappa shape index (κ3) is 3.33. The van der Waals surface area contributed by atoms with Gasteiger partial charge in [0.25, 0.3) is 0 Å². The van der Waals surface area contributed by atoms with Gasteiger partial charge in [-0.15, -0.1) is 0 Å². The molecule has 0 spiro atoms. The first kappa shape index (κ1) is 15.6. The molecule has 2 heteroatoms. The number of pyridine rings is 1. The molecule has 0 aliphatic rings. The molecule has 0 fully saturated rings. The second-order valence-electron chi connectivity index (χ2n) is 5.86. The quantitative estimate of drug-likeness (QED) is 0.402. The highest BCUT2D eigenvalue weighted by atomic mass is 35.5. The molecular weight excluding hydrogens is 326 g/mol. The monoisotopic (exact) mass is 341 g/mol. The smallest absolute Gasteiger partial charge is 0.0709 e. The predicted molar refractivity (Wildman–Crippen MR) is 106 cm³/mol. The second kappa shape index (κ2) is 6.92. The van der Waals surface area contributed by atoms with Crippen molar-refractivity contribution in [3.8, 4) is 33.5 Å². The highest BCUT2D eigenvalue weighted by Gasteiger charge is 2.08. The molecule has 0 radical (unpaired) electrons. The van der Waals surface area contributed by atoms with E-state index >= 15 is 0 Å². The SMILES string of the molecule is Clc1cnc(-c2ccccc2)cc1-c1ccc(-c2ccccc2)cc1. The van der Waals surface area contributed by atoms with E-state index in [1.54, 1.807) is 6.20 Å². The normalized spacial score (nSPS) is 10.6. The Labute approximate surface area is 152 Å².